The number of hydrogen-bond donors (Lipinski definition) is 0. The van der Waals surface area contributed by atoms with Crippen molar-refractivity contribution in [1.82, 2.24) is 14.7 Å². The van der Waals surface area contributed by atoms with Crippen molar-refractivity contribution in [3.8, 4) is 40.0 Å². The van der Waals surface area contributed by atoms with Gasteiger partial charge in [0.1, 0.15) is 11.5 Å². The van der Waals surface area contributed by atoms with Crippen LogP contribution in [-0.2, 0) is 0 Å². The zero-order chi connectivity index (χ0) is 22.1. The zero-order valence-corrected chi connectivity index (χ0v) is 17.5. The number of benzene rings is 3. The first kappa shape index (κ1) is 19.6. The Hall–Kier alpha value is -4.39. The molecule has 2 aromatic heterocycles. The van der Waals surface area contributed by atoms with Gasteiger partial charge in [0, 0.05) is 28.2 Å². The van der Waals surface area contributed by atoms with Gasteiger partial charge in [-0.1, -0.05) is 35.5 Å². The summed E-state index contributed by atoms with van der Waals surface area (Å²) in [7, 11) is 3.21. The molecule has 158 valence electrons. The lowest BCUT2D eigenvalue weighted by Crippen LogP contribution is -2.18. The molecule has 0 aliphatic rings. The number of fused-ring (bicyclic) bond motifs is 1. The van der Waals surface area contributed by atoms with E-state index in [1.54, 1.807) is 31.0 Å². The molecule has 0 saturated heterocycles. The van der Waals surface area contributed by atoms with Gasteiger partial charge in [0.15, 0.2) is 0 Å². The average molecular weight is 425 g/mol. The van der Waals surface area contributed by atoms with Crippen LogP contribution in [0.1, 0.15) is 0 Å². The summed E-state index contributed by atoms with van der Waals surface area (Å²) >= 11 is 0. The third kappa shape index (κ3) is 3.39. The van der Waals surface area contributed by atoms with Gasteiger partial charge in [0.05, 0.1) is 19.8 Å². The predicted molar refractivity (Wildman–Crippen MR) is 121 cm³/mol. The number of nitrogens with zero attached hydrogens (tertiary/aromatic N) is 3. The Labute approximate surface area is 183 Å². The lowest BCUT2D eigenvalue weighted by Gasteiger charge is -2.11. The highest BCUT2D eigenvalue weighted by Crippen LogP contribution is 2.29. The molecular weight excluding hydrogens is 406 g/mol. The lowest BCUT2D eigenvalue weighted by molar-refractivity contribution is 0.414. The molecule has 2 heterocycles. The van der Waals surface area contributed by atoms with Crippen LogP contribution in [0.3, 0.4) is 0 Å². The van der Waals surface area contributed by atoms with E-state index in [1.165, 1.54) is 0 Å². The largest absolute Gasteiger partial charge is 0.497 e. The van der Waals surface area contributed by atoms with E-state index >= 15 is 0 Å². The van der Waals surface area contributed by atoms with Gasteiger partial charge >= 0.3 is 0 Å². The smallest absolute Gasteiger partial charge is 0.262 e. The second kappa shape index (κ2) is 8.03. The molecule has 0 saturated carbocycles. The second-order valence-corrected chi connectivity index (χ2v) is 7.12. The van der Waals surface area contributed by atoms with Crippen LogP contribution in [-0.4, -0.2) is 28.9 Å². The molecule has 7 nitrogen and oxygen atoms in total. The Morgan fingerprint density at radius 3 is 2.34 bits per heavy atom. The van der Waals surface area contributed by atoms with Crippen LogP contribution >= 0.6 is 0 Å². The number of ether oxygens (including phenoxy) is 2. The molecule has 0 fully saturated rings. The van der Waals surface area contributed by atoms with Gasteiger partial charge in [-0.25, -0.2) is 0 Å². The van der Waals surface area contributed by atoms with Crippen LogP contribution < -0.4 is 15.0 Å². The summed E-state index contributed by atoms with van der Waals surface area (Å²) in [4.78, 5) is 17.8. The summed E-state index contributed by atoms with van der Waals surface area (Å²) in [5.41, 5.74) is 2.00. The molecule has 5 rings (SSSR count). The third-order valence-corrected chi connectivity index (χ3v) is 5.26. The van der Waals surface area contributed by atoms with Gasteiger partial charge in [-0.3, -0.25) is 9.36 Å². The lowest BCUT2D eigenvalue weighted by atomic mass is 10.1. The first-order chi connectivity index (χ1) is 15.7. The number of rotatable bonds is 5. The maximum absolute atomic E-state index is 13.2. The summed E-state index contributed by atoms with van der Waals surface area (Å²) in [6, 6.07) is 22.1. The topological polar surface area (TPSA) is 79.4 Å². The molecule has 0 aliphatic carbocycles. The van der Waals surface area contributed by atoms with Gasteiger partial charge < -0.3 is 14.0 Å². The molecular formula is C25H19N3O4. The Morgan fingerprint density at radius 1 is 0.844 bits per heavy atom. The van der Waals surface area contributed by atoms with Gasteiger partial charge in [-0.2, -0.15) is 4.98 Å². The summed E-state index contributed by atoms with van der Waals surface area (Å²) in [6.07, 6.45) is 1.73. The number of pyridine rings is 1. The van der Waals surface area contributed by atoms with Crippen molar-refractivity contribution in [2.45, 2.75) is 0 Å². The van der Waals surface area contributed by atoms with Gasteiger partial charge in [-0.05, 0) is 42.5 Å². The zero-order valence-electron chi connectivity index (χ0n) is 17.5. The first-order valence-electron chi connectivity index (χ1n) is 9.95. The Balaban J connectivity index is 1.68. The maximum atomic E-state index is 13.2. The van der Waals surface area contributed by atoms with E-state index in [4.69, 9.17) is 14.0 Å². The van der Waals surface area contributed by atoms with Crippen LogP contribution in [0.25, 0.3) is 39.3 Å². The normalized spacial score (nSPS) is 10.9. The number of hydrogen-bond acceptors (Lipinski definition) is 6. The summed E-state index contributed by atoms with van der Waals surface area (Å²) in [5.74, 6) is 2.17. The third-order valence-electron chi connectivity index (χ3n) is 5.26. The fourth-order valence-electron chi connectivity index (χ4n) is 3.61. The highest BCUT2D eigenvalue weighted by molar-refractivity contribution is 5.94. The van der Waals surface area contributed by atoms with E-state index < -0.39 is 0 Å². The molecule has 0 amide bonds. The van der Waals surface area contributed by atoms with Crippen molar-refractivity contribution in [1.29, 1.82) is 0 Å². The van der Waals surface area contributed by atoms with Crippen molar-refractivity contribution in [3.05, 3.63) is 89.3 Å². The van der Waals surface area contributed by atoms with E-state index in [-0.39, 0.29) is 5.56 Å². The summed E-state index contributed by atoms with van der Waals surface area (Å²) in [6.45, 7) is 0. The van der Waals surface area contributed by atoms with Crippen molar-refractivity contribution in [2.24, 2.45) is 0 Å². The quantitative estimate of drug-likeness (QED) is 0.405. The minimum atomic E-state index is -0.137. The van der Waals surface area contributed by atoms with Crippen LogP contribution in [0.4, 0.5) is 0 Å². The summed E-state index contributed by atoms with van der Waals surface area (Å²) < 4.78 is 17.7. The van der Waals surface area contributed by atoms with E-state index in [9.17, 15) is 4.79 Å². The molecule has 5 aromatic rings. The van der Waals surface area contributed by atoms with Crippen molar-refractivity contribution in [3.63, 3.8) is 0 Å². The Morgan fingerprint density at radius 2 is 1.59 bits per heavy atom. The molecule has 3 aromatic carbocycles. The van der Waals surface area contributed by atoms with Crippen molar-refractivity contribution < 1.29 is 14.0 Å². The van der Waals surface area contributed by atoms with Gasteiger partial charge in [0.25, 0.3) is 11.4 Å². The molecule has 0 atom stereocenters. The molecule has 0 radical (unpaired) electrons. The highest BCUT2D eigenvalue weighted by Gasteiger charge is 2.17. The number of aromatic nitrogens is 3. The van der Waals surface area contributed by atoms with E-state index in [0.717, 1.165) is 10.9 Å². The average Bonchev–Trinajstić information content (AvgIpc) is 3.35. The minimum Gasteiger partial charge on any atom is -0.497 e. The van der Waals surface area contributed by atoms with Crippen LogP contribution in [0, 0.1) is 0 Å². The number of methoxy groups -OCH3 is 2. The SMILES string of the molecule is COc1ccc(-n2cc(-c3nc(-c4cccc(OC)c4)no3)c3ccccc3c2=O)cc1. The first-order valence-corrected chi connectivity index (χ1v) is 9.95. The Kier molecular flexibility index (Phi) is 4.91. The van der Waals surface area contributed by atoms with Gasteiger partial charge in [0.2, 0.25) is 5.82 Å². The fourth-order valence-corrected chi connectivity index (χ4v) is 3.61. The highest BCUT2D eigenvalue weighted by atomic mass is 16.5. The second-order valence-electron chi connectivity index (χ2n) is 7.12. The molecule has 32 heavy (non-hydrogen) atoms. The molecule has 0 aliphatic heterocycles. The summed E-state index contributed by atoms with van der Waals surface area (Å²) in [5, 5.41) is 5.44. The molecule has 0 bridgehead atoms. The molecule has 0 N–H and O–H groups in total. The van der Waals surface area contributed by atoms with Crippen molar-refractivity contribution >= 4 is 10.8 Å². The molecule has 0 spiro atoms. The molecule has 0 unspecified atom stereocenters. The molecule has 7 heteroatoms. The van der Waals surface area contributed by atoms with Crippen molar-refractivity contribution in [2.75, 3.05) is 14.2 Å². The van der Waals surface area contributed by atoms with Crippen LogP contribution in [0.2, 0.25) is 0 Å². The fraction of sp³-hybridized carbons (Fsp3) is 0.0800. The van der Waals surface area contributed by atoms with Crippen LogP contribution in [0.15, 0.2) is 88.3 Å². The monoisotopic (exact) mass is 425 g/mol. The van der Waals surface area contributed by atoms with Gasteiger partial charge in [-0.15, -0.1) is 0 Å². The maximum Gasteiger partial charge on any atom is 0.262 e. The standard InChI is InChI=1S/C25H19N3O4/c1-30-18-12-10-17(11-13-18)28-15-22(20-8-3-4-9-21(20)25(28)29)24-26-23(27-32-24)16-6-5-7-19(14-16)31-2/h3-15H,1-2H3. The predicted octanol–water partition coefficient (Wildman–Crippen LogP) is 4.72. The minimum absolute atomic E-state index is 0.137. The van der Waals surface area contributed by atoms with E-state index in [1.807, 2.05) is 66.7 Å². The van der Waals surface area contributed by atoms with E-state index in [0.29, 0.717) is 39.9 Å². The van der Waals surface area contributed by atoms with E-state index in [2.05, 4.69) is 10.1 Å². The van der Waals surface area contributed by atoms with Crippen LogP contribution in [0.5, 0.6) is 11.5 Å². The Bertz CT molecular complexity index is 1470.